The van der Waals surface area contributed by atoms with Gasteiger partial charge in [-0.15, -0.1) is 0 Å². The molecular formula is C31H44N2O4. The van der Waals surface area contributed by atoms with E-state index < -0.39 is 6.04 Å². The molecule has 37 heavy (non-hydrogen) atoms. The normalized spacial score (nSPS) is 11.9. The molecule has 2 rings (SSSR count). The van der Waals surface area contributed by atoms with E-state index in [9.17, 15) is 9.59 Å². The molecule has 1 aromatic carbocycles. The van der Waals surface area contributed by atoms with Gasteiger partial charge in [-0.05, 0) is 115 Å². The summed E-state index contributed by atoms with van der Waals surface area (Å²) in [6.45, 7) is 8.07. The van der Waals surface area contributed by atoms with Gasteiger partial charge in [0.1, 0.15) is 6.79 Å². The molecule has 0 fully saturated rings. The van der Waals surface area contributed by atoms with Gasteiger partial charge in [-0.2, -0.15) is 0 Å². The average molecular weight is 509 g/mol. The maximum absolute atomic E-state index is 12.2. The Morgan fingerprint density at radius 1 is 0.946 bits per heavy atom. The van der Waals surface area contributed by atoms with Crippen LogP contribution >= 0.6 is 0 Å². The van der Waals surface area contributed by atoms with Gasteiger partial charge in [-0.1, -0.05) is 24.0 Å². The molecule has 6 nitrogen and oxygen atoms in total. The van der Waals surface area contributed by atoms with E-state index in [2.05, 4.69) is 93.5 Å². The summed E-state index contributed by atoms with van der Waals surface area (Å²) < 4.78 is 4.87. The predicted octanol–water partition coefficient (Wildman–Crippen LogP) is 5.10. The molecule has 2 amide bonds. The molecule has 6 heteroatoms. The first-order valence-electron chi connectivity index (χ1n) is 10.7. The third-order valence-corrected chi connectivity index (χ3v) is 4.59. The summed E-state index contributed by atoms with van der Waals surface area (Å²) in [5.41, 5.74) is 4.18. The van der Waals surface area contributed by atoms with E-state index in [4.69, 9.17) is 9.53 Å². The van der Waals surface area contributed by atoms with Crippen LogP contribution in [0.2, 0.25) is 0 Å². The van der Waals surface area contributed by atoms with Crippen LogP contribution in [0.4, 0.5) is 4.79 Å². The maximum Gasteiger partial charge on any atom is 0.319 e. The van der Waals surface area contributed by atoms with Crippen LogP contribution in [-0.4, -0.2) is 25.9 Å². The Bertz CT molecular complexity index is 1540. The SMILES string of the molecule is C=O.CC#CC#CC#CC#CC#CC#CC#Cc1cccc(C)c1C1NC(=O)NC(C)=C1CCOC=O.[HH].[HH].[HH].[HH].[HH].[HH].[HH].[HH].[HH].[HH].[HH]. The van der Waals surface area contributed by atoms with Gasteiger partial charge >= 0.3 is 6.03 Å². The van der Waals surface area contributed by atoms with E-state index in [1.54, 1.807) is 6.92 Å². The molecule has 1 unspecified atom stereocenters. The molecule has 0 bridgehead atoms. The van der Waals surface area contributed by atoms with Crippen LogP contribution in [0, 0.1) is 89.8 Å². The zero-order chi connectivity index (χ0) is 27.3. The zero-order valence-electron chi connectivity index (χ0n) is 20.6. The fourth-order valence-electron chi connectivity index (χ4n) is 3.16. The van der Waals surface area contributed by atoms with Crippen LogP contribution < -0.4 is 10.6 Å². The number of allylic oxidation sites excluding steroid dienone is 1. The van der Waals surface area contributed by atoms with Crippen molar-refractivity contribution in [1.82, 2.24) is 10.6 Å². The average Bonchev–Trinajstić information content (AvgIpc) is 2.89. The first-order valence-corrected chi connectivity index (χ1v) is 10.7. The minimum Gasteiger partial charge on any atom is -0.468 e. The zero-order valence-corrected chi connectivity index (χ0v) is 20.6. The van der Waals surface area contributed by atoms with E-state index in [-0.39, 0.29) is 28.3 Å². The van der Waals surface area contributed by atoms with E-state index in [0.29, 0.717) is 12.9 Å². The summed E-state index contributed by atoms with van der Waals surface area (Å²) in [5.74, 6) is 36.8. The highest BCUT2D eigenvalue weighted by atomic mass is 16.5. The molecule has 0 radical (unpaired) electrons. The Balaban J connectivity index is -0.000000115. The number of benzene rings is 1. The number of aryl methyl sites for hydroxylation is 1. The Hall–Kier alpha value is -5.71. The van der Waals surface area contributed by atoms with Crippen LogP contribution in [0.25, 0.3) is 0 Å². The second kappa shape index (κ2) is 17.7. The Morgan fingerprint density at radius 3 is 2.08 bits per heavy atom. The highest BCUT2D eigenvalue weighted by Gasteiger charge is 2.28. The lowest BCUT2D eigenvalue weighted by Crippen LogP contribution is -2.44. The van der Waals surface area contributed by atoms with Crippen molar-refractivity contribution in [2.45, 2.75) is 33.2 Å². The maximum atomic E-state index is 12.2. The number of hydrogen-bond acceptors (Lipinski definition) is 4. The first kappa shape index (κ1) is 29.3. The highest BCUT2D eigenvalue weighted by Crippen LogP contribution is 2.32. The van der Waals surface area contributed by atoms with Gasteiger partial charge in [0.05, 0.1) is 12.6 Å². The van der Waals surface area contributed by atoms with E-state index >= 15 is 0 Å². The minimum atomic E-state index is -0.410. The van der Waals surface area contributed by atoms with Gasteiger partial charge in [0.2, 0.25) is 0 Å². The van der Waals surface area contributed by atoms with Crippen molar-refractivity contribution in [3.8, 4) is 82.9 Å². The standard InChI is InChI=1S/C30H20N2O3.CH2O.11H2/c1-4-5-6-7-8-9-10-11-12-13-14-15-16-19-26-20-17-18-24(2)28(26)29-27(21-22-35-23-33)25(3)31-30(34)32-29;1-2;;;;;;;;;;;/h17-18,20,23,29H,21-22H2,1-3H3,(H2,31,32,34);1H2;11*1H. The Kier molecular flexibility index (Phi) is 14.0. The van der Waals surface area contributed by atoms with Crippen molar-refractivity contribution in [1.29, 1.82) is 0 Å². The molecule has 0 aromatic heterocycles. The highest BCUT2D eigenvalue weighted by molar-refractivity contribution is 5.79. The number of ether oxygens (including phenoxy) is 1. The second-order valence-corrected chi connectivity index (χ2v) is 6.81. The molecule has 1 heterocycles. The van der Waals surface area contributed by atoms with Crippen molar-refractivity contribution >= 4 is 19.3 Å². The summed E-state index contributed by atoms with van der Waals surface area (Å²) in [5, 5.41) is 5.72. The topological polar surface area (TPSA) is 84.5 Å². The lowest BCUT2D eigenvalue weighted by molar-refractivity contribution is -0.128. The van der Waals surface area contributed by atoms with Crippen LogP contribution in [0.5, 0.6) is 0 Å². The summed E-state index contributed by atoms with van der Waals surface area (Å²) >= 11 is 0. The lowest BCUT2D eigenvalue weighted by atomic mass is 9.87. The molecule has 1 aromatic rings. The first-order chi connectivity index (χ1) is 18.1. The summed E-state index contributed by atoms with van der Waals surface area (Å²) in [7, 11) is 0. The fraction of sp³-hybridized carbons (Fsp3) is 0.194. The number of rotatable bonds is 5. The van der Waals surface area contributed by atoms with E-state index in [0.717, 1.165) is 28.0 Å². The third-order valence-electron chi connectivity index (χ3n) is 4.59. The monoisotopic (exact) mass is 508 g/mol. The van der Waals surface area contributed by atoms with Gasteiger partial charge in [0.25, 0.3) is 6.47 Å². The third kappa shape index (κ3) is 10.4. The quantitative estimate of drug-likeness (QED) is 0.329. The van der Waals surface area contributed by atoms with E-state index in [1.165, 1.54) is 0 Å². The van der Waals surface area contributed by atoms with Crippen molar-refractivity contribution in [3.63, 3.8) is 0 Å². The molecule has 0 saturated heterocycles. The Labute approximate surface area is 234 Å². The molecular weight excluding hydrogens is 464 g/mol. The van der Waals surface area contributed by atoms with Gasteiger partial charge in [0, 0.05) is 33.4 Å². The van der Waals surface area contributed by atoms with Gasteiger partial charge in [-0.25, -0.2) is 4.79 Å². The lowest BCUT2D eigenvalue weighted by Gasteiger charge is -2.31. The molecule has 202 valence electrons. The largest absolute Gasteiger partial charge is 0.468 e. The Morgan fingerprint density at radius 2 is 1.51 bits per heavy atom. The number of nitrogens with one attached hydrogen (secondary N) is 2. The van der Waals surface area contributed by atoms with Crippen LogP contribution in [0.1, 0.15) is 58.7 Å². The van der Waals surface area contributed by atoms with E-state index in [1.807, 2.05) is 38.8 Å². The van der Waals surface area contributed by atoms with Crippen molar-refractivity contribution in [3.05, 3.63) is 46.2 Å². The van der Waals surface area contributed by atoms with Crippen LogP contribution in [-0.2, 0) is 14.3 Å². The smallest absolute Gasteiger partial charge is 0.319 e. The molecule has 0 aliphatic carbocycles. The molecule has 1 aliphatic rings. The van der Waals surface area contributed by atoms with Gasteiger partial charge < -0.3 is 20.2 Å². The van der Waals surface area contributed by atoms with Gasteiger partial charge in [-0.3, -0.25) is 4.79 Å². The summed E-state index contributed by atoms with van der Waals surface area (Å²) in [6, 6.07) is 4.99. The van der Waals surface area contributed by atoms with Crippen molar-refractivity contribution < 1.29 is 34.8 Å². The molecule has 0 saturated carbocycles. The predicted molar refractivity (Wildman–Crippen MR) is 165 cm³/mol. The fourth-order valence-corrected chi connectivity index (χ4v) is 3.16. The summed E-state index contributed by atoms with van der Waals surface area (Å²) in [4.78, 5) is 30.7. The van der Waals surface area contributed by atoms with Crippen molar-refractivity contribution in [2.24, 2.45) is 0 Å². The van der Waals surface area contributed by atoms with Gasteiger partial charge in [0.15, 0.2) is 0 Å². The number of carbonyl (C=O) groups excluding carboxylic acids is 3. The summed E-state index contributed by atoms with van der Waals surface area (Å²) in [6.07, 6.45) is 0.462. The van der Waals surface area contributed by atoms with Crippen molar-refractivity contribution in [2.75, 3.05) is 6.61 Å². The molecule has 1 atom stereocenters. The molecule has 1 aliphatic heterocycles. The van der Waals surface area contributed by atoms with Crippen LogP contribution in [0.3, 0.4) is 0 Å². The number of urea groups is 1. The number of hydrogen-bond donors (Lipinski definition) is 2. The molecule has 2 N–H and O–H groups in total. The second-order valence-electron chi connectivity index (χ2n) is 6.81. The number of amides is 2. The number of carbonyl (C=O) groups is 3. The molecule has 0 spiro atoms. The minimum absolute atomic E-state index is 0. The van der Waals surface area contributed by atoms with Crippen LogP contribution in [0.15, 0.2) is 29.5 Å².